The Morgan fingerprint density at radius 1 is 1.12 bits per heavy atom. The van der Waals surface area contributed by atoms with Gasteiger partial charge in [-0.05, 0) is 36.2 Å². The Kier molecular flexibility index (Phi) is 6.50. The van der Waals surface area contributed by atoms with Crippen LogP contribution in [0.4, 0.5) is 4.39 Å². The molecule has 0 heterocycles. The number of halogens is 1. The second-order valence-corrected chi connectivity index (χ2v) is 7.78. The van der Waals surface area contributed by atoms with Crippen molar-refractivity contribution in [3.05, 3.63) is 65.0 Å². The fraction of sp³-hybridized carbons (Fsp3) is 0.316. The first-order chi connectivity index (χ1) is 12.3. The van der Waals surface area contributed by atoms with Crippen LogP contribution in [-0.2, 0) is 16.6 Å². The van der Waals surface area contributed by atoms with Gasteiger partial charge in [0.05, 0.1) is 10.5 Å². The molecule has 0 aliphatic heterocycles. The minimum Gasteiger partial charge on any atom is -0.348 e. The maximum absolute atomic E-state index is 14.1. The number of hydrogen-bond donors (Lipinski definition) is 1. The summed E-state index contributed by atoms with van der Waals surface area (Å²) in [7, 11) is -3.76. The number of nitrogens with zero attached hydrogens (tertiary/aromatic N) is 1. The topological polar surface area (TPSA) is 66.5 Å². The zero-order valence-corrected chi connectivity index (χ0v) is 15.9. The van der Waals surface area contributed by atoms with Crippen LogP contribution in [0.1, 0.15) is 35.3 Å². The predicted molar refractivity (Wildman–Crippen MR) is 98.9 cm³/mol. The second kappa shape index (κ2) is 8.42. The van der Waals surface area contributed by atoms with Crippen molar-refractivity contribution in [3.63, 3.8) is 0 Å². The van der Waals surface area contributed by atoms with Crippen molar-refractivity contribution in [2.45, 2.75) is 32.2 Å². The van der Waals surface area contributed by atoms with Crippen LogP contribution in [0, 0.1) is 12.7 Å². The lowest BCUT2D eigenvalue weighted by molar-refractivity contribution is 0.0946. The van der Waals surface area contributed by atoms with E-state index in [4.69, 9.17) is 0 Å². The summed E-state index contributed by atoms with van der Waals surface area (Å²) in [6.07, 6.45) is 0. The van der Waals surface area contributed by atoms with E-state index in [1.165, 1.54) is 10.4 Å². The molecular formula is C19H23FN2O3S. The van der Waals surface area contributed by atoms with Gasteiger partial charge in [0.25, 0.3) is 5.91 Å². The van der Waals surface area contributed by atoms with E-state index in [9.17, 15) is 17.6 Å². The van der Waals surface area contributed by atoms with Crippen LogP contribution in [0.3, 0.4) is 0 Å². The third kappa shape index (κ3) is 4.28. The van der Waals surface area contributed by atoms with Gasteiger partial charge >= 0.3 is 0 Å². The number of nitrogens with one attached hydrogen (secondary N) is 1. The maximum Gasteiger partial charge on any atom is 0.254 e. The molecule has 0 bridgehead atoms. The smallest absolute Gasteiger partial charge is 0.254 e. The summed E-state index contributed by atoms with van der Waals surface area (Å²) in [5.41, 5.74) is 1.63. The van der Waals surface area contributed by atoms with E-state index in [2.05, 4.69) is 5.32 Å². The van der Waals surface area contributed by atoms with Gasteiger partial charge in [0, 0.05) is 19.6 Å². The Bertz CT molecular complexity index is 893. The van der Waals surface area contributed by atoms with Gasteiger partial charge in [-0.2, -0.15) is 4.31 Å². The Morgan fingerprint density at radius 3 is 2.38 bits per heavy atom. The molecule has 2 aromatic rings. The molecular weight excluding hydrogens is 355 g/mol. The molecule has 0 saturated carbocycles. The van der Waals surface area contributed by atoms with Crippen molar-refractivity contribution in [1.29, 1.82) is 0 Å². The molecule has 26 heavy (non-hydrogen) atoms. The number of sulfonamides is 1. The van der Waals surface area contributed by atoms with Gasteiger partial charge in [0.15, 0.2) is 0 Å². The fourth-order valence-corrected chi connectivity index (χ4v) is 4.12. The number of aryl methyl sites for hydroxylation is 1. The SMILES string of the molecule is CCN(CC)S(=O)(=O)c1ccc(F)c(C(=O)NCc2ccccc2C)c1. The first-order valence-electron chi connectivity index (χ1n) is 8.43. The highest BCUT2D eigenvalue weighted by Crippen LogP contribution is 2.19. The summed E-state index contributed by atoms with van der Waals surface area (Å²) >= 11 is 0. The summed E-state index contributed by atoms with van der Waals surface area (Å²) in [6.45, 7) is 6.19. The molecule has 2 rings (SSSR count). The summed E-state index contributed by atoms with van der Waals surface area (Å²) in [4.78, 5) is 12.3. The van der Waals surface area contributed by atoms with Gasteiger partial charge in [0.1, 0.15) is 5.82 Å². The zero-order chi connectivity index (χ0) is 19.3. The van der Waals surface area contributed by atoms with Crippen LogP contribution in [-0.4, -0.2) is 31.7 Å². The average Bonchev–Trinajstić information content (AvgIpc) is 2.61. The van der Waals surface area contributed by atoms with Crippen molar-refractivity contribution in [1.82, 2.24) is 9.62 Å². The zero-order valence-electron chi connectivity index (χ0n) is 15.1. The summed E-state index contributed by atoms with van der Waals surface area (Å²) < 4.78 is 40.5. The van der Waals surface area contributed by atoms with E-state index < -0.39 is 21.7 Å². The summed E-state index contributed by atoms with van der Waals surface area (Å²) in [6, 6.07) is 10.8. The highest BCUT2D eigenvalue weighted by molar-refractivity contribution is 7.89. The van der Waals surface area contributed by atoms with Crippen LogP contribution in [0.25, 0.3) is 0 Å². The molecule has 7 heteroatoms. The Labute approximate surface area is 153 Å². The van der Waals surface area contributed by atoms with Crippen LogP contribution < -0.4 is 5.32 Å². The van der Waals surface area contributed by atoms with Gasteiger partial charge < -0.3 is 5.32 Å². The van der Waals surface area contributed by atoms with Crippen molar-refractivity contribution in [3.8, 4) is 0 Å². The van der Waals surface area contributed by atoms with Gasteiger partial charge in [-0.1, -0.05) is 38.1 Å². The number of carbonyl (C=O) groups is 1. The average molecular weight is 378 g/mol. The minimum absolute atomic E-state index is 0.0939. The molecule has 0 aliphatic carbocycles. The van der Waals surface area contributed by atoms with E-state index in [1.807, 2.05) is 31.2 Å². The quantitative estimate of drug-likeness (QED) is 0.805. The Morgan fingerprint density at radius 2 is 1.77 bits per heavy atom. The summed E-state index contributed by atoms with van der Waals surface area (Å²) in [5, 5.41) is 2.65. The lowest BCUT2D eigenvalue weighted by Gasteiger charge is -2.19. The van der Waals surface area contributed by atoms with E-state index in [-0.39, 0.29) is 17.0 Å². The van der Waals surface area contributed by atoms with E-state index in [0.717, 1.165) is 23.3 Å². The molecule has 140 valence electrons. The third-order valence-corrected chi connectivity index (χ3v) is 6.27. The molecule has 0 atom stereocenters. The molecule has 1 amide bonds. The van der Waals surface area contributed by atoms with Crippen LogP contribution >= 0.6 is 0 Å². The fourth-order valence-electron chi connectivity index (χ4n) is 2.63. The number of benzene rings is 2. The van der Waals surface area contributed by atoms with Crippen molar-refractivity contribution < 1.29 is 17.6 Å². The number of amides is 1. The molecule has 1 N–H and O–H groups in total. The molecule has 0 aromatic heterocycles. The molecule has 0 saturated heterocycles. The first kappa shape index (κ1) is 20.1. The highest BCUT2D eigenvalue weighted by atomic mass is 32.2. The first-order valence-corrected chi connectivity index (χ1v) is 9.87. The minimum atomic E-state index is -3.76. The van der Waals surface area contributed by atoms with Crippen molar-refractivity contribution >= 4 is 15.9 Å². The van der Waals surface area contributed by atoms with Crippen LogP contribution in [0.5, 0.6) is 0 Å². The van der Waals surface area contributed by atoms with Gasteiger partial charge in [-0.3, -0.25) is 4.79 Å². The number of rotatable bonds is 7. The monoisotopic (exact) mass is 378 g/mol. The summed E-state index contributed by atoms with van der Waals surface area (Å²) in [5.74, 6) is -1.41. The van der Waals surface area contributed by atoms with Gasteiger partial charge in [-0.15, -0.1) is 0 Å². The molecule has 0 radical (unpaired) electrons. The highest BCUT2D eigenvalue weighted by Gasteiger charge is 2.24. The lowest BCUT2D eigenvalue weighted by Crippen LogP contribution is -2.31. The molecule has 2 aromatic carbocycles. The molecule has 0 aliphatic rings. The van der Waals surface area contributed by atoms with Crippen LogP contribution in [0.2, 0.25) is 0 Å². The third-order valence-electron chi connectivity index (χ3n) is 4.23. The van der Waals surface area contributed by atoms with Crippen LogP contribution in [0.15, 0.2) is 47.4 Å². The Hall–Kier alpha value is -2.25. The van der Waals surface area contributed by atoms with Gasteiger partial charge in [0.2, 0.25) is 10.0 Å². The lowest BCUT2D eigenvalue weighted by atomic mass is 10.1. The van der Waals surface area contributed by atoms with Gasteiger partial charge in [-0.25, -0.2) is 12.8 Å². The second-order valence-electron chi connectivity index (χ2n) is 5.84. The maximum atomic E-state index is 14.1. The van der Waals surface area contributed by atoms with Crippen molar-refractivity contribution in [2.24, 2.45) is 0 Å². The van der Waals surface area contributed by atoms with E-state index in [0.29, 0.717) is 13.1 Å². The normalized spacial score (nSPS) is 11.6. The Balaban J connectivity index is 2.26. The van der Waals surface area contributed by atoms with E-state index >= 15 is 0 Å². The number of carbonyl (C=O) groups excluding carboxylic acids is 1. The molecule has 5 nitrogen and oxygen atoms in total. The standard InChI is InChI=1S/C19H23FN2O3S/c1-4-22(5-2)26(24,25)16-10-11-18(20)17(12-16)19(23)21-13-15-9-7-6-8-14(15)3/h6-12H,4-5,13H2,1-3H3,(H,21,23). The number of hydrogen-bond acceptors (Lipinski definition) is 3. The molecule has 0 unspecified atom stereocenters. The molecule has 0 fully saturated rings. The van der Waals surface area contributed by atoms with E-state index in [1.54, 1.807) is 13.8 Å². The predicted octanol–water partition coefficient (Wildman–Crippen LogP) is 3.09. The largest absolute Gasteiger partial charge is 0.348 e. The molecule has 0 spiro atoms. The van der Waals surface area contributed by atoms with Crippen molar-refractivity contribution in [2.75, 3.05) is 13.1 Å².